The van der Waals surface area contributed by atoms with Gasteiger partial charge in [0, 0.05) is 19.4 Å². The number of ether oxygens (including phenoxy) is 2. The number of carbonyl (C=O) groups excluding carboxylic acids is 2. The maximum absolute atomic E-state index is 12.7. The van der Waals surface area contributed by atoms with Crippen molar-refractivity contribution in [1.29, 1.82) is 0 Å². The van der Waals surface area contributed by atoms with E-state index in [9.17, 15) is 19.0 Å². The molecular formula is C63H112NO8P. The third-order valence-corrected chi connectivity index (χ3v) is 13.7. The van der Waals surface area contributed by atoms with Crippen LogP contribution in [0.15, 0.2) is 85.1 Å². The number of phosphoric acid groups is 1. The van der Waals surface area contributed by atoms with Crippen LogP contribution in [-0.4, -0.2) is 49.3 Å². The number of allylic oxidation sites excluding steroid dienone is 14. The molecule has 9 nitrogen and oxygen atoms in total. The molecule has 0 bridgehead atoms. The predicted molar refractivity (Wildman–Crippen MR) is 312 cm³/mol. The first kappa shape index (κ1) is 70.2. The lowest BCUT2D eigenvalue weighted by Gasteiger charge is -2.19. The number of phosphoric ester groups is 1. The zero-order chi connectivity index (χ0) is 53.1. The van der Waals surface area contributed by atoms with Gasteiger partial charge in [0.05, 0.1) is 13.2 Å². The molecule has 2 unspecified atom stereocenters. The molecule has 0 aliphatic heterocycles. The second kappa shape index (κ2) is 58.5. The van der Waals surface area contributed by atoms with Gasteiger partial charge in [0.2, 0.25) is 0 Å². The lowest BCUT2D eigenvalue weighted by atomic mass is 10.0. The van der Waals surface area contributed by atoms with E-state index in [-0.39, 0.29) is 38.6 Å². The van der Waals surface area contributed by atoms with E-state index in [1.807, 2.05) is 0 Å². The predicted octanol–water partition coefficient (Wildman–Crippen LogP) is 19.1. The van der Waals surface area contributed by atoms with E-state index in [1.54, 1.807) is 0 Å². The molecule has 0 fully saturated rings. The number of nitrogens with two attached hydrogens (primary N) is 1. The molecule has 10 heteroatoms. The molecule has 0 rings (SSSR count). The van der Waals surface area contributed by atoms with Crippen LogP contribution in [0.25, 0.3) is 0 Å². The molecule has 73 heavy (non-hydrogen) atoms. The molecule has 0 amide bonds. The van der Waals surface area contributed by atoms with Gasteiger partial charge in [-0.3, -0.25) is 18.6 Å². The third kappa shape index (κ3) is 58.3. The van der Waals surface area contributed by atoms with Gasteiger partial charge in [-0.05, 0) is 89.9 Å². The average molecular weight is 1040 g/mol. The van der Waals surface area contributed by atoms with E-state index < -0.39 is 26.5 Å². The summed E-state index contributed by atoms with van der Waals surface area (Å²) in [4.78, 5) is 35.2. The van der Waals surface area contributed by atoms with E-state index in [0.29, 0.717) is 6.42 Å². The van der Waals surface area contributed by atoms with Crippen molar-refractivity contribution in [2.45, 2.75) is 277 Å². The molecule has 2 atom stereocenters. The summed E-state index contributed by atoms with van der Waals surface area (Å²) in [5.74, 6) is -0.836. The highest BCUT2D eigenvalue weighted by atomic mass is 31.2. The molecule has 0 saturated heterocycles. The van der Waals surface area contributed by atoms with Crippen LogP contribution in [0.5, 0.6) is 0 Å². The third-order valence-electron chi connectivity index (χ3n) is 12.8. The molecule has 3 N–H and O–H groups in total. The fraction of sp³-hybridized carbons (Fsp3) is 0.746. The minimum absolute atomic E-state index is 0.0484. The maximum atomic E-state index is 12.7. The van der Waals surface area contributed by atoms with Gasteiger partial charge < -0.3 is 20.1 Å². The summed E-state index contributed by atoms with van der Waals surface area (Å²) in [6, 6.07) is 0. The maximum Gasteiger partial charge on any atom is 0.472 e. The van der Waals surface area contributed by atoms with E-state index >= 15 is 0 Å². The fourth-order valence-electron chi connectivity index (χ4n) is 8.34. The van der Waals surface area contributed by atoms with Crippen LogP contribution >= 0.6 is 7.82 Å². The fourth-order valence-corrected chi connectivity index (χ4v) is 9.11. The molecule has 0 aliphatic carbocycles. The first-order chi connectivity index (χ1) is 35.8. The van der Waals surface area contributed by atoms with E-state index in [1.165, 1.54) is 154 Å². The molecule has 0 aromatic rings. The van der Waals surface area contributed by atoms with E-state index in [4.69, 9.17) is 24.3 Å². The lowest BCUT2D eigenvalue weighted by molar-refractivity contribution is -0.161. The molecule has 0 aliphatic rings. The Labute approximate surface area is 449 Å². The quantitative estimate of drug-likeness (QED) is 0.0264. The summed E-state index contributed by atoms with van der Waals surface area (Å²) < 4.78 is 33.1. The second-order valence-corrected chi connectivity index (χ2v) is 21.3. The molecule has 0 aromatic carbocycles. The second-order valence-electron chi connectivity index (χ2n) is 19.8. The smallest absolute Gasteiger partial charge is 0.462 e. The highest BCUT2D eigenvalue weighted by molar-refractivity contribution is 7.47. The van der Waals surface area contributed by atoms with Crippen LogP contribution < -0.4 is 5.73 Å². The molecule has 422 valence electrons. The van der Waals surface area contributed by atoms with E-state index in [2.05, 4.69) is 98.9 Å². The van der Waals surface area contributed by atoms with Crippen LogP contribution in [0, 0.1) is 0 Å². The SMILES string of the molecule is CC/C=C\C/C=C\C/C=C\C/C=C\C/C=C\CCCCCCCCCC(=O)OC(COC(=O)CCCCCCCCCCCCCCCCCCC/C=C\C/C=C\CCCCCCC)COP(=O)(O)OCCN. The van der Waals surface area contributed by atoms with Crippen LogP contribution in [0.4, 0.5) is 0 Å². The van der Waals surface area contributed by atoms with E-state index in [0.717, 1.165) is 83.5 Å². The summed E-state index contributed by atoms with van der Waals surface area (Å²) >= 11 is 0. The number of carbonyl (C=O) groups is 2. The first-order valence-electron chi connectivity index (χ1n) is 30.1. The molecular weight excluding hydrogens is 930 g/mol. The summed E-state index contributed by atoms with van der Waals surface area (Å²) in [7, 11) is -4.40. The van der Waals surface area contributed by atoms with Crippen molar-refractivity contribution < 1.29 is 37.6 Å². The van der Waals surface area contributed by atoms with Crippen molar-refractivity contribution in [3.05, 3.63) is 85.1 Å². The van der Waals surface area contributed by atoms with Gasteiger partial charge in [0.25, 0.3) is 0 Å². The molecule has 0 spiro atoms. The van der Waals surface area contributed by atoms with Crippen molar-refractivity contribution in [2.24, 2.45) is 5.73 Å². The summed E-state index contributed by atoms with van der Waals surface area (Å²) in [5, 5.41) is 0. The number of unbranched alkanes of at least 4 members (excludes halogenated alkanes) is 29. The van der Waals surface area contributed by atoms with Crippen LogP contribution in [0.1, 0.15) is 271 Å². The Hall–Kier alpha value is -2.81. The van der Waals surface area contributed by atoms with Gasteiger partial charge >= 0.3 is 19.8 Å². The molecule has 0 aromatic heterocycles. The van der Waals surface area contributed by atoms with Crippen molar-refractivity contribution in [3.8, 4) is 0 Å². The van der Waals surface area contributed by atoms with Crippen molar-refractivity contribution in [2.75, 3.05) is 26.4 Å². The Morgan fingerprint density at radius 1 is 0.425 bits per heavy atom. The Kier molecular flexibility index (Phi) is 56.2. The monoisotopic (exact) mass is 1040 g/mol. The first-order valence-corrected chi connectivity index (χ1v) is 31.6. The minimum Gasteiger partial charge on any atom is -0.462 e. The van der Waals surface area contributed by atoms with Gasteiger partial charge in [0.15, 0.2) is 6.10 Å². The highest BCUT2D eigenvalue weighted by Gasteiger charge is 2.26. The normalized spacial score (nSPS) is 13.6. The number of rotatable bonds is 56. The number of hydrogen-bond donors (Lipinski definition) is 2. The van der Waals surface area contributed by atoms with Crippen LogP contribution in [0.3, 0.4) is 0 Å². The molecule has 0 saturated carbocycles. The minimum atomic E-state index is -4.40. The van der Waals surface area contributed by atoms with Crippen molar-refractivity contribution in [3.63, 3.8) is 0 Å². The van der Waals surface area contributed by atoms with Crippen molar-refractivity contribution in [1.82, 2.24) is 0 Å². The largest absolute Gasteiger partial charge is 0.472 e. The number of hydrogen-bond acceptors (Lipinski definition) is 8. The number of esters is 2. The Morgan fingerprint density at radius 2 is 0.753 bits per heavy atom. The lowest BCUT2D eigenvalue weighted by Crippen LogP contribution is -2.29. The highest BCUT2D eigenvalue weighted by Crippen LogP contribution is 2.43. The standard InChI is InChI=1S/C63H112NO8P/c1-3-5-7-9-11-13-15-17-19-21-23-25-27-28-29-30-31-32-34-35-37-39-41-43-45-47-49-51-53-55-62(65)69-59-61(60-71-73(67,68)70-58-57-64)72-63(66)56-54-52-50-48-46-44-42-40-38-36-33-26-24-22-20-18-16-14-12-10-8-6-4-2/h6,8,12,14-15,17-18,20-21,23-24,26,36,38,61H,3-5,7,9-11,13,16,19,22,25,27-35,37,39-60,64H2,1-2H3,(H,67,68)/b8-6-,14-12-,17-15-,20-18-,23-21-,26-24-,38-36-. The molecule has 0 radical (unpaired) electrons. The van der Waals surface area contributed by atoms with Crippen LogP contribution in [0.2, 0.25) is 0 Å². The zero-order valence-electron chi connectivity index (χ0n) is 47.1. The Balaban J connectivity index is 3.96. The summed E-state index contributed by atoms with van der Waals surface area (Å²) in [5.41, 5.74) is 5.38. The Morgan fingerprint density at radius 3 is 1.12 bits per heavy atom. The van der Waals surface area contributed by atoms with Gasteiger partial charge in [-0.1, -0.05) is 253 Å². The Bertz CT molecular complexity index is 1470. The summed E-state index contributed by atoms with van der Waals surface area (Å²) in [6.07, 6.45) is 76.4. The van der Waals surface area contributed by atoms with Gasteiger partial charge in [-0.15, -0.1) is 0 Å². The van der Waals surface area contributed by atoms with Gasteiger partial charge in [0.1, 0.15) is 6.61 Å². The van der Waals surface area contributed by atoms with Gasteiger partial charge in [-0.25, -0.2) is 4.57 Å². The van der Waals surface area contributed by atoms with Crippen LogP contribution in [-0.2, 0) is 32.7 Å². The van der Waals surface area contributed by atoms with Crippen molar-refractivity contribution >= 4 is 19.8 Å². The topological polar surface area (TPSA) is 134 Å². The average Bonchev–Trinajstić information content (AvgIpc) is 3.38. The zero-order valence-corrected chi connectivity index (χ0v) is 48.0. The summed E-state index contributed by atoms with van der Waals surface area (Å²) in [6.45, 7) is 3.63. The molecule has 0 heterocycles. The van der Waals surface area contributed by atoms with Gasteiger partial charge in [-0.2, -0.15) is 0 Å².